The Kier molecular flexibility index (Phi) is 6.07. The Morgan fingerprint density at radius 1 is 1.19 bits per heavy atom. The van der Waals surface area contributed by atoms with Gasteiger partial charge in [-0.2, -0.15) is 0 Å². The SMILES string of the molecule is COCCOc1ccccc1C1CC(C(C)C)CCC1N. The summed E-state index contributed by atoms with van der Waals surface area (Å²) in [4.78, 5) is 0. The van der Waals surface area contributed by atoms with E-state index in [4.69, 9.17) is 15.2 Å². The number of hydrogen-bond donors (Lipinski definition) is 1. The molecule has 3 heteroatoms. The summed E-state index contributed by atoms with van der Waals surface area (Å²) in [7, 11) is 1.69. The Morgan fingerprint density at radius 2 is 1.95 bits per heavy atom. The largest absolute Gasteiger partial charge is 0.491 e. The van der Waals surface area contributed by atoms with Crippen molar-refractivity contribution < 1.29 is 9.47 Å². The smallest absolute Gasteiger partial charge is 0.122 e. The number of methoxy groups -OCH3 is 1. The van der Waals surface area contributed by atoms with Gasteiger partial charge in [0.1, 0.15) is 12.4 Å². The predicted octanol–water partition coefficient (Wildman–Crippen LogP) is 3.58. The Morgan fingerprint density at radius 3 is 2.67 bits per heavy atom. The molecule has 0 aromatic heterocycles. The van der Waals surface area contributed by atoms with Gasteiger partial charge in [-0.15, -0.1) is 0 Å². The number of ether oxygens (including phenoxy) is 2. The van der Waals surface area contributed by atoms with Crippen molar-refractivity contribution in [1.29, 1.82) is 0 Å². The molecule has 118 valence electrons. The molecule has 1 aliphatic carbocycles. The van der Waals surface area contributed by atoms with Crippen LogP contribution in [0.1, 0.15) is 44.6 Å². The maximum Gasteiger partial charge on any atom is 0.122 e. The van der Waals surface area contributed by atoms with Crippen molar-refractivity contribution in [3.63, 3.8) is 0 Å². The zero-order valence-electron chi connectivity index (χ0n) is 13.5. The van der Waals surface area contributed by atoms with E-state index >= 15 is 0 Å². The maximum absolute atomic E-state index is 6.42. The van der Waals surface area contributed by atoms with Crippen LogP contribution in [0.2, 0.25) is 0 Å². The van der Waals surface area contributed by atoms with Gasteiger partial charge < -0.3 is 15.2 Å². The predicted molar refractivity (Wildman–Crippen MR) is 86.7 cm³/mol. The zero-order chi connectivity index (χ0) is 15.2. The van der Waals surface area contributed by atoms with Crippen LogP contribution in [0.15, 0.2) is 24.3 Å². The van der Waals surface area contributed by atoms with Crippen molar-refractivity contribution >= 4 is 0 Å². The second kappa shape index (κ2) is 7.81. The average molecular weight is 291 g/mol. The second-order valence-corrected chi connectivity index (χ2v) is 6.47. The van der Waals surface area contributed by atoms with Crippen molar-refractivity contribution in [1.82, 2.24) is 0 Å². The summed E-state index contributed by atoms with van der Waals surface area (Å²) in [5.41, 5.74) is 7.69. The third-order valence-electron chi connectivity index (χ3n) is 4.75. The molecule has 1 aliphatic rings. The van der Waals surface area contributed by atoms with Crippen molar-refractivity contribution in [2.24, 2.45) is 17.6 Å². The van der Waals surface area contributed by atoms with Crippen LogP contribution in [0.5, 0.6) is 5.75 Å². The zero-order valence-corrected chi connectivity index (χ0v) is 13.5. The lowest BCUT2D eigenvalue weighted by Gasteiger charge is -2.37. The molecule has 3 unspecified atom stereocenters. The highest BCUT2D eigenvalue weighted by Gasteiger charge is 2.32. The van der Waals surface area contributed by atoms with Crippen LogP contribution in [0.4, 0.5) is 0 Å². The van der Waals surface area contributed by atoms with Crippen LogP contribution in [0.25, 0.3) is 0 Å². The summed E-state index contributed by atoms with van der Waals surface area (Å²) in [5.74, 6) is 2.87. The quantitative estimate of drug-likeness (QED) is 0.815. The van der Waals surface area contributed by atoms with E-state index in [1.165, 1.54) is 18.4 Å². The molecule has 0 aliphatic heterocycles. The first kappa shape index (κ1) is 16.3. The molecule has 2 N–H and O–H groups in total. The summed E-state index contributed by atoms with van der Waals surface area (Å²) in [6.07, 6.45) is 3.53. The molecule has 0 bridgehead atoms. The van der Waals surface area contributed by atoms with E-state index in [1.54, 1.807) is 7.11 Å². The number of nitrogens with two attached hydrogens (primary N) is 1. The van der Waals surface area contributed by atoms with Gasteiger partial charge in [0.05, 0.1) is 6.61 Å². The van der Waals surface area contributed by atoms with Gasteiger partial charge in [-0.25, -0.2) is 0 Å². The van der Waals surface area contributed by atoms with Gasteiger partial charge in [0.2, 0.25) is 0 Å². The third-order valence-corrected chi connectivity index (χ3v) is 4.75. The van der Waals surface area contributed by atoms with E-state index in [0.29, 0.717) is 19.1 Å². The number of para-hydroxylation sites is 1. The first-order valence-corrected chi connectivity index (χ1v) is 8.09. The molecule has 0 amide bonds. The number of rotatable bonds is 6. The molecule has 3 nitrogen and oxygen atoms in total. The van der Waals surface area contributed by atoms with Gasteiger partial charge in [0.25, 0.3) is 0 Å². The van der Waals surface area contributed by atoms with E-state index < -0.39 is 0 Å². The molecule has 2 rings (SSSR count). The summed E-state index contributed by atoms with van der Waals surface area (Å²) in [6.45, 7) is 5.84. The monoisotopic (exact) mass is 291 g/mol. The molecule has 0 saturated heterocycles. The molecule has 21 heavy (non-hydrogen) atoms. The summed E-state index contributed by atoms with van der Waals surface area (Å²) in [5, 5.41) is 0. The first-order valence-electron chi connectivity index (χ1n) is 8.09. The highest BCUT2D eigenvalue weighted by Crippen LogP contribution is 2.41. The fourth-order valence-electron chi connectivity index (χ4n) is 3.34. The van der Waals surface area contributed by atoms with Gasteiger partial charge in [-0.3, -0.25) is 0 Å². The Hall–Kier alpha value is -1.06. The van der Waals surface area contributed by atoms with Crippen LogP contribution in [-0.2, 0) is 4.74 Å². The van der Waals surface area contributed by atoms with Crippen LogP contribution in [0, 0.1) is 11.8 Å². The van der Waals surface area contributed by atoms with Gasteiger partial charge in [-0.1, -0.05) is 32.0 Å². The van der Waals surface area contributed by atoms with Crippen LogP contribution >= 0.6 is 0 Å². The Bertz CT molecular complexity index is 433. The molecule has 1 fully saturated rings. The normalized spacial score (nSPS) is 26.0. The lowest BCUT2D eigenvalue weighted by molar-refractivity contribution is 0.144. The van der Waals surface area contributed by atoms with E-state index in [-0.39, 0.29) is 6.04 Å². The fraction of sp³-hybridized carbons (Fsp3) is 0.667. The molecule has 0 heterocycles. The lowest BCUT2D eigenvalue weighted by Crippen LogP contribution is -2.36. The first-order chi connectivity index (χ1) is 10.1. The Labute approximate surface area is 128 Å². The number of hydrogen-bond acceptors (Lipinski definition) is 3. The molecular weight excluding hydrogens is 262 g/mol. The van der Waals surface area contributed by atoms with Gasteiger partial charge >= 0.3 is 0 Å². The van der Waals surface area contributed by atoms with E-state index in [1.807, 2.05) is 6.07 Å². The topological polar surface area (TPSA) is 44.5 Å². The summed E-state index contributed by atoms with van der Waals surface area (Å²) < 4.78 is 11.0. The molecule has 0 spiro atoms. The molecule has 0 radical (unpaired) electrons. The third kappa shape index (κ3) is 4.21. The van der Waals surface area contributed by atoms with E-state index in [2.05, 4.69) is 32.0 Å². The average Bonchev–Trinajstić information content (AvgIpc) is 2.48. The van der Waals surface area contributed by atoms with Crippen molar-refractivity contribution in [2.45, 2.75) is 45.1 Å². The molecule has 3 atom stereocenters. The van der Waals surface area contributed by atoms with Gasteiger partial charge in [-0.05, 0) is 42.7 Å². The molecule has 1 saturated carbocycles. The highest BCUT2D eigenvalue weighted by molar-refractivity contribution is 5.37. The van der Waals surface area contributed by atoms with E-state index in [9.17, 15) is 0 Å². The maximum atomic E-state index is 6.42. The lowest BCUT2D eigenvalue weighted by atomic mass is 9.71. The molecule has 1 aromatic rings. The highest BCUT2D eigenvalue weighted by atomic mass is 16.5. The van der Waals surface area contributed by atoms with Gasteiger partial charge in [0, 0.05) is 19.1 Å². The van der Waals surface area contributed by atoms with Crippen LogP contribution in [0.3, 0.4) is 0 Å². The van der Waals surface area contributed by atoms with Crippen molar-refractivity contribution in [3.05, 3.63) is 29.8 Å². The Balaban J connectivity index is 2.14. The summed E-state index contributed by atoms with van der Waals surface area (Å²) >= 11 is 0. The van der Waals surface area contributed by atoms with Crippen molar-refractivity contribution in [2.75, 3.05) is 20.3 Å². The van der Waals surface area contributed by atoms with Crippen LogP contribution in [-0.4, -0.2) is 26.4 Å². The molecular formula is C18H29NO2. The summed E-state index contributed by atoms with van der Waals surface area (Å²) in [6, 6.07) is 8.59. The molecule has 1 aromatic carbocycles. The minimum Gasteiger partial charge on any atom is -0.491 e. The van der Waals surface area contributed by atoms with Crippen LogP contribution < -0.4 is 10.5 Å². The minimum absolute atomic E-state index is 0.243. The fourth-order valence-corrected chi connectivity index (χ4v) is 3.34. The van der Waals surface area contributed by atoms with Gasteiger partial charge in [0.15, 0.2) is 0 Å². The van der Waals surface area contributed by atoms with E-state index in [0.717, 1.165) is 24.0 Å². The standard InChI is InChI=1S/C18H29NO2/c1-13(2)14-8-9-17(19)16(12-14)15-6-4-5-7-18(15)21-11-10-20-3/h4-7,13-14,16-17H,8-12,19H2,1-3H3. The second-order valence-electron chi connectivity index (χ2n) is 6.47. The van der Waals surface area contributed by atoms with Crippen molar-refractivity contribution in [3.8, 4) is 5.75 Å². The number of benzene rings is 1. The minimum atomic E-state index is 0.243.